The van der Waals surface area contributed by atoms with Crippen LogP contribution in [-0.2, 0) is 11.2 Å². The van der Waals surface area contributed by atoms with E-state index < -0.39 is 11.2 Å². The number of carbonyl (C=O) groups excluding carboxylic acids is 1. The Kier molecular flexibility index (Phi) is 5.25. The molecule has 0 aliphatic heterocycles. The molecule has 0 radical (unpaired) electrons. The van der Waals surface area contributed by atoms with Gasteiger partial charge in [-0.3, -0.25) is 14.8 Å². The number of aromatic nitrogens is 2. The number of aliphatic hydroxyl groups is 2. The Balaban J connectivity index is 1.37. The van der Waals surface area contributed by atoms with Crippen LogP contribution >= 0.6 is 0 Å². The van der Waals surface area contributed by atoms with Gasteiger partial charge in [0.05, 0.1) is 11.4 Å². The molecule has 0 fully saturated rings. The van der Waals surface area contributed by atoms with Crippen LogP contribution in [0.4, 0.5) is 0 Å². The molecule has 4 aromatic rings. The van der Waals surface area contributed by atoms with Gasteiger partial charge in [-0.05, 0) is 46.5 Å². The van der Waals surface area contributed by atoms with Crippen LogP contribution in [0.5, 0.6) is 0 Å². The van der Waals surface area contributed by atoms with Gasteiger partial charge in [-0.2, -0.15) is 0 Å². The number of fused-ring (bicyclic) bond motifs is 2. The molecule has 0 amide bonds. The van der Waals surface area contributed by atoms with Crippen LogP contribution in [0.1, 0.15) is 62.4 Å². The topological polar surface area (TPSA) is 83.3 Å². The number of carbonyl (C=O) groups is 1. The van der Waals surface area contributed by atoms with Crippen molar-refractivity contribution in [3.8, 4) is 0 Å². The first-order valence-electron chi connectivity index (χ1n) is 11.9. The van der Waals surface area contributed by atoms with Gasteiger partial charge in [0.2, 0.25) is 0 Å². The Bertz CT molecular complexity index is 1440. The Hall–Kier alpha value is -4.19. The standard InChI is InChI=1S/C31H24N2O3/c34-29(23-13-17-32-27(19-23)30(35)15-5-9-21-7-1-3-11-25(21)30)24-14-18-33-28(20-24)31(36)16-6-10-22-8-2-4-12-26(22)31/h1-14,17-20,35-36H,15-16H2. The third-order valence-corrected chi connectivity index (χ3v) is 7.13. The maximum atomic E-state index is 13.6. The van der Waals surface area contributed by atoms with E-state index in [4.69, 9.17) is 0 Å². The highest BCUT2D eigenvalue weighted by Crippen LogP contribution is 2.40. The summed E-state index contributed by atoms with van der Waals surface area (Å²) in [5.74, 6) is -0.228. The van der Waals surface area contributed by atoms with E-state index in [1.807, 2.05) is 72.8 Å². The number of ketones is 1. The molecule has 2 heterocycles. The number of benzene rings is 2. The van der Waals surface area contributed by atoms with Gasteiger partial charge in [-0.25, -0.2) is 0 Å². The molecule has 2 aromatic heterocycles. The summed E-state index contributed by atoms with van der Waals surface area (Å²) in [6.45, 7) is 0. The molecule has 5 heteroatoms. The quantitative estimate of drug-likeness (QED) is 0.408. The van der Waals surface area contributed by atoms with Crippen LogP contribution in [0.3, 0.4) is 0 Å². The fourth-order valence-electron chi connectivity index (χ4n) is 5.22. The predicted octanol–water partition coefficient (Wildman–Crippen LogP) is 5.01. The van der Waals surface area contributed by atoms with E-state index >= 15 is 0 Å². The number of rotatable bonds is 4. The fraction of sp³-hybridized carbons (Fsp3) is 0.129. The molecule has 0 bridgehead atoms. The monoisotopic (exact) mass is 472 g/mol. The van der Waals surface area contributed by atoms with Gasteiger partial charge in [0.1, 0.15) is 11.2 Å². The van der Waals surface area contributed by atoms with E-state index in [0.29, 0.717) is 35.4 Å². The first kappa shape index (κ1) is 22.3. The third kappa shape index (κ3) is 3.52. The van der Waals surface area contributed by atoms with Crippen molar-refractivity contribution in [2.24, 2.45) is 0 Å². The predicted molar refractivity (Wildman–Crippen MR) is 138 cm³/mol. The van der Waals surface area contributed by atoms with Crippen molar-refractivity contribution in [2.45, 2.75) is 24.0 Å². The van der Waals surface area contributed by atoms with Crippen LogP contribution in [-0.4, -0.2) is 26.0 Å². The van der Waals surface area contributed by atoms with E-state index in [1.165, 1.54) is 0 Å². The zero-order valence-electron chi connectivity index (χ0n) is 19.5. The molecule has 2 atom stereocenters. The summed E-state index contributed by atoms with van der Waals surface area (Å²) in [6.07, 6.45) is 11.7. The van der Waals surface area contributed by atoms with Crippen LogP contribution in [0.2, 0.25) is 0 Å². The lowest BCUT2D eigenvalue weighted by Gasteiger charge is -2.31. The van der Waals surface area contributed by atoms with Gasteiger partial charge in [0.25, 0.3) is 0 Å². The highest BCUT2D eigenvalue weighted by atomic mass is 16.3. The minimum absolute atomic E-state index is 0.228. The van der Waals surface area contributed by atoms with Gasteiger partial charge in [0.15, 0.2) is 5.78 Å². The third-order valence-electron chi connectivity index (χ3n) is 7.13. The first-order valence-corrected chi connectivity index (χ1v) is 11.9. The number of hydrogen-bond acceptors (Lipinski definition) is 5. The second kappa shape index (κ2) is 8.48. The molecular formula is C31H24N2O3. The van der Waals surface area contributed by atoms with Crippen LogP contribution < -0.4 is 0 Å². The Morgan fingerprint density at radius 3 is 1.58 bits per heavy atom. The summed E-state index contributed by atoms with van der Waals surface area (Å²) in [7, 11) is 0. The van der Waals surface area contributed by atoms with Gasteiger partial charge < -0.3 is 10.2 Å². The van der Waals surface area contributed by atoms with Crippen LogP contribution in [0, 0.1) is 0 Å². The summed E-state index contributed by atoms with van der Waals surface area (Å²) in [5, 5.41) is 23.3. The van der Waals surface area contributed by atoms with E-state index in [-0.39, 0.29) is 5.78 Å². The van der Waals surface area contributed by atoms with Gasteiger partial charge in [-0.15, -0.1) is 0 Å². The van der Waals surface area contributed by atoms with E-state index in [9.17, 15) is 15.0 Å². The average molecular weight is 473 g/mol. The van der Waals surface area contributed by atoms with Crippen LogP contribution in [0.25, 0.3) is 12.2 Å². The van der Waals surface area contributed by atoms with Crippen molar-refractivity contribution < 1.29 is 15.0 Å². The molecule has 176 valence electrons. The summed E-state index contributed by atoms with van der Waals surface area (Å²) >= 11 is 0. The van der Waals surface area contributed by atoms with E-state index in [2.05, 4.69) is 9.97 Å². The van der Waals surface area contributed by atoms with Crippen molar-refractivity contribution >= 4 is 17.9 Å². The van der Waals surface area contributed by atoms with Gasteiger partial charge in [0, 0.05) is 36.4 Å². The smallest absolute Gasteiger partial charge is 0.193 e. The summed E-state index contributed by atoms with van der Waals surface area (Å²) in [4.78, 5) is 22.5. The lowest BCUT2D eigenvalue weighted by Crippen LogP contribution is -2.31. The SMILES string of the molecule is O=C(c1ccnc(C2(O)CC=Cc3ccccc32)c1)c1ccnc(C2(O)CC=Cc3ccccc32)c1. The highest BCUT2D eigenvalue weighted by Gasteiger charge is 2.37. The molecule has 2 aromatic carbocycles. The van der Waals surface area contributed by atoms with Crippen molar-refractivity contribution in [1.82, 2.24) is 9.97 Å². The first-order chi connectivity index (χ1) is 17.5. The van der Waals surface area contributed by atoms with Gasteiger partial charge >= 0.3 is 0 Å². The minimum atomic E-state index is -1.32. The summed E-state index contributed by atoms with van der Waals surface area (Å²) in [6, 6.07) is 21.9. The molecule has 0 saturated heterocycles. The van der Waals surface area contributed by atoms with Crippen molar-refractivity contribution in [3.63, 3.8) is 0 Å². The maximum absolute atomic E-state index is 13.6. The van der Waals surface area contributed by atoms with Crippen molar-refractivity contribution in [3.05, 3.63) is 142 Å². The van der Waals surface area contributed by atoms with Crippen molar-refractivity contribution in [2.75, 3.05) is 0 Å². The van der Waals surface area contributed by atoms with E-state index in [0.717, 1.165) is 22.3 Å². The minimum Gasteiger partial charge on any atom is -0.378 e. The largest absolute Gasteiger partial charge is 0.378 e. The molecule has 0 spiro atoms. The molecule has 2 unspecified atom stereocenters. The zero-order chi connectivity index (χ0) is 24.8. The van der Waals surface area contributed by atoms with Crippen LogP contribution in [0.15, 0.2) is 97.3 Å². The fourth-order valence-corrected chi connectivity index (χ4v) is 5.22. The summed E-state index contributed by atoms with van der Waals surface area (Å²) < 4.78 is 0. The molecule has 0 saturated carbocycles. The van der Waals surface area contributed by atoms with Gasteiger partial charge in [-0.1, -0.05) is 72.8 Å². The molecule has 2 N–H and O–H groups in total. The summed E-state index contributed by atoms with van der Waals surface area (Å²) in [5.41, 5.74) is 2.41. The number of nitrogens with zero attached hydrogens (tertiary/aromatic N) is 2. The zero-order valence-corrected chi connectivity index (χ0v) is 19.5. The Morgan fingerprint density at radius 1 is 0.667 bits per heavy atom. The molecule has 5 nitrogen and oxygen atoms in total. The Labute approximate surface area is 209 Å². The van der Waals surface area contributed by atoms with E-state index in [1.54, 1.807) is 36.7 Å². The average Bonchev–Trinajstić information content (AvgIpc) is 2.93. The molecule has 36 heavy (non-hydrogen) atoms. The highest BCUT2D eigenvalue weighted by molar-refractivity contribution is 6.09. The second-order valence-corrected chi connectivity index (χ2v) is 9.30. The molecular weight excluding hydrogens is 448 g/mol. The number of pyridine rings is 2. The lowest BCUT2D eigenvalue weighted by atomic mass is 9.79. The Morgan fingerprint density at radius 2 is 1.11 bits per heavy atom. The normalized spacial score (nSPS) is 22.1. The lowest BCUT2D eigenvalue weighted by molar-refractivity contribution is 0.0778. The van der Waals surface area contributed by atoms with Crippen molar-refractivity contribution in [1.29, 1.82) is 0 Å². The second-order valence-electron chi connectivity index (χ2n) is 9.30. The maximum Gasteiger partial charge on any atom is 0.193 e. The molecule has 2 aliphatic rings. The number of hydrogen-bond donors (Lipinski definition) is 2. The molecule has 2 aliphatic carbocycles. The molecule has 6 rings (SSSR count).